The van der Waals surface area contributed by atoms with Gasteiger partial charge in [0.25, 0.3) is 0 Å². The number of nitrogens with one attached hydrogen (secondary N) is 1. The van der Waals surface area contributed by atoms with E-state index in [0.29, 0.717) is 5.92 Å². The second-order valence-electron chi connectivity index (χ2n) is 6.23. The summed E-state index contributed by atoms with van der Waals surface area (Å²) in [5, 5.41) is 3.43. The largest absolute Gasteiger partial charge is 0.370 e. The second kappa shape index (κ2) is 7.96. The molecule has 4 heteroatoms. The molecule has 1 aliphatic carbocycles. The van der Waals surface area contributed by atoms with E-state index in [2.05, 4.69) is 45.1 Å². The van der Waals surface area contributed by atoms with Crippen molar-refractivity contribution in [2.45, 2.75) is 64.7 Å². The van der Waals surface area contributed by atoms with E-state index in [1.165, 1.54) is 44.9 Å². The zero-order valence-corrected chi connectivity index (χ0v) is 14.2. The molecule has 20 heavy (non-hydrogen) atoms. The summed E-state index contributed by atoms with van der Waals surface area (Å²) < 4.78 is 0.897. The van der Waals surface area contributed by atoms with Crippen LogP contribution in [0.25, 0.3) is 0 Å². The lowest BCUT2D eigenvalue weighted by Gasteiger charge is -2.08. The summed E-state index contributed by atoms with van der Waals surface area (Å²) in [5.74, 6) is 3.41. The Hall–Kier alpha value is -0.640. The minimum Gasteiger partial charge on any atom is -0.370 e. The van der Waals surface area contributed by atoms with E-state index in [1.54, 1.807) is 0 Å². The van der Waals surface area contributed by atoms with Crippen molar-refractivity contribution in [2.24, 2.45) is 5.92 Å². The summed E-state index contributed by atoms with van der Waals surface area (Å²) in [4.78, 5) is 9.05. The number of aromatic nitrogens is 2. The van der Waals surface area contributed by atoms with Crippen LogP contribution in [0.1, 0.15) is 70.5 Å². The SMILES string of the molecule is CC(C)CCCCCCNc1cc(Br)nc(C2CC2)n1. The van der Waals surface area contributed by atoms with Gasteiger partial charge in [-0.1, -0.05) is 39.5 Å². The lowest BCUT2D eigenvalue weighted by Crippen LogP contribution is -2.06. The number of anilines is 1. The molecule has 0 saturated heterocycles. The molecule has 1 heterocycles. The minimum atomic E-state index is 0.601. The fourth-order valence-corrected chi connectivity index (χ4v) is 2.70. The second-order valence-corrected chi connectivity index (χ2v) is 7.04. The van der Waals surface area contributed by atoms with Gasteiger partial charge in [-0.25, -0.2) is 9.97 Å². The van der Waals surface area contributed by atoms with Gasteiger partial charge in [0.2, 0.25) is 0 Å². The Balaban J connectivity index is 1.64. The van der Waals surface area contributed by atoms with E-state index < -0.39 is 0 Å². The molecular weight excluding hydrogens is 314 g/mol. The predicted octanol–water partition coefficient (Wildman–Crippen LogP) is 5.13. The van der Waals surface area contributed by atoms with Crippen LogP contribution in [0, 0.1) is 5.92 Å². The van der Waals surface area contributed by atoms with Crippen molar-refractivity contribution in [1.29, 1.82) is 0 Å². The van der Waals surface area contributed by atoms with Gasteiger partial charge in [-0.3, -0.25) is 0 Å². The van der Waals surface area contributed by atoms with E-state index in [4.69, 9.17) is 0 Å². The molecule has 0 amide bonds. The number of hydrogen-bond donors (Lipinski definition) is 1. The van der Waals surface area contributed by atoms with E-state index >= 15 is 0 Å². The van der Waals surface area contributed by atoms with Crippen LogP contribution in [-0.2, 0) is 0 Å². The van der Waals surface area contributed by atoms with Crippen LogP contribution in [0.2, 0.25) is 0 Å². The molecule has 1 saturated carbocycles. The number of unbranched alkanes of at least 4 members (excludes halogenated alkanes) is 3. The van der Waals surface area contributed by atoms with Gasteiger partial charge in [-0.15, -0.1) is 0 Å². The average Bonchev–Trinajstić information content (AvgIpc) is 3.21. The topological polar surface area (TPSA) is 37.8 Å². The van der Waals surface area contributed by atoms with Crippen LogP contribution >= 0.6 is 15.9 Å². The molecule has 2 rings (SSSR count). The van der Waals surface area contributed by atoms with Crippen molar-refractivity contribution in [1.82, 2.24) is 9.97 Å². The predicted molar refractivity (Wildman–Crippen MR) is 88.1 cm³/mol. The molecule has 0 unspecified atom stereocenters. The highest BCUT2D eigenvalue weighted by Gasteiger charge is 2.27. The highest BCUT2D eigenvalue weighted by Crippen LogP contribution is 2.38. The van der Waals surface area contributed by atoms with Crippen LogP contribution in [0.3, 0.4) is 0 Å². The third-order valence-corrected chi connectivity index (χ3v) is 4.08. The first-order valence-electron chi connectivity index (χ1n) is 7.93. The molecular formula is C16H26BrN3. The highest BCUT2D eigenvalue weighted by atomic mass is 79.9. The van der Waals surface area contributed by atoms with Crippen molar-refractivity contribution >= 4 is 21.7 Å². The molecule has 0 spiro atoms. The van der Waals surface area contributed by atoms with Gasteiger partial charge in [-0.2, -0.15) is 0 Å². The average molecular weight is 340 g/mol. The zero-order valence-electron chi connectivity index (χ0n) is 12.7. The molecule has 0 atom stereocenters. The zero-order chi connectivity index (χ0) is 14.4. The summed E-state index contributed by atoms with van der Waals surface area (Å²) in [7, 11) is 0. The quantitative estimate of drug-likeness (QED) is 0.500. The van der Waals surface area contributed by atoms with Gasteiger partial charge in [0, 0.05) is 18.5 Å². The third-order valence-electron chi connectivity index (χ3n) is 3.67. The molecule has 3 nitrogen and oxygen atoms in total. The fourth-order valence-electron chi connectivity index (χ4n) is 2.30. The van der Waals surface area contributed by atoms with Gasteiger partial charge in [0.15, 0.2) is 0 Å². The van der Waals surface area contributed by atoms with Crippen LogP contribution in [0.15, 0.2) is 10.7 Å². The molecule has 0 aliphatic heterocycles. The molecule has 1 aliphatic rings. The lowest BCUT2D eigenvalue weighted by atomic mass is 10.0. The Kier molecular flexibility index (Phi) is 6.27. The summed E-state index contributed by atoms with van der Waals surface area (Å²) in [6.45, 7) is 5.60. The van der Waals surface area contributed by atoms with Crippen LogP contribution in [-0.4, -0.2) is 16.5 Å². The standard InChI is InChI=1S/C16H26BrN3/c1-12(2)7-5-3-4-6-10-18-15-11-14(17)19-16(20-15)13-8-9-13/h11-13H,3-10H2,1-2H3,(H,18,19,20). The van der Waals surface area contributed by atoms with Gasteiger partial charge in [0.1, 0.15) is 16.2 Å². The molecule has 0 bridgehead atoms. The van der Waals surface area contributed by atoms with Crippen molar-refractivity contribution < 1.29 is 0 Å². The summed E-state index contributed by atoms with van der Waals surface area (Å²) in [6.07, 6.45) is 9.08. The van der Waals surface area contributed by atoms with Crippen molar-refractivity contribution in [2.75, 3.05) is 11.9 Å². The molecule has 0 aromatic carbocycles. The Bertz CT molecular complexity index is 416. The molecule has 1 aromatic rings. The van der Waals surface area contributed by atoms with E-state index in [-0.39, 0.29) is 0 Å². The fraction of sp³-hybridized carbons (Fsp3) is 0.750. The maximum atomic E-state index is 4.60. The monoisotopic (exact) mass is 339 g/mol. The molecule has 112 valence electrons. The van der Waals surface area contributed by atoms with Gasteiger partial charge in [0.05, 0.1) is 0 Å². The first kappa shape index (κ1) is 15.7. The first-order valence-corrected chi connectivity index (χ1v) is 8.73. The summed E-state index contributed by atoms with van der Waals surface area (Å²) >= 11 is 3.47. The van der Waals surface area contributed by atoms with E-state index in [9.17, 15) is 0 Å². The Morgan fingerprint density at radius 2 is 1.95 bits per heavy atom. The van der Waals surface area contributed by atoms with Crippen molar-refractivity contribution in [3.63, 3.8) is 0 Å². The highest BCUT2D eigenvalue weighted by molar-refractivity contribution is 9.10. The Labute approximate surface area is 131 Å². The van der Waals surface area contributed by atoms with E-state index in [1.807, 2.05) is 6.07 Å². The Morgan fingerprint density at radius 1 is 1.20 bits per heavy atom. The van der Waals surface area contributed by atoms with Crippen LogP contribution in [0.4, 0.5) is 5.82 Å². The van der Waals surface area contributed by atoms with Gasteiger partial charge in [-0.05, 0) is 41.1 Å². The smallest absolute Gasteiger partial charge is 0.135 e. The van der Waals surface area contributed by atoms with Crippen molar-refractivity contribution in [3.8, 4) is 0 Å². The number of nitrogens with zero attached hydrogens (tertiary/aromatic N) is 2. The molecule has 1 N–H and O–H groups in total. The van der Waals surface area contributed by atoms with Crippen LogP contribution in [0.5, 0.6) is 0 Å². The van der Waals surface area contributed by atoms with Crippen molar-refractivity contribution in [3.05, 3.63) is 16.5 Å². The molecule has 1 fully saturated rings. The first-order chi connectivity index (χ1) is 9.65. The molecule has 0 radical (unpaired) electrons. The molecule has 1 aromatic heterocycles. The number of halogens is 1. The normalized spacial score (nSPS) is 14.8. The Morgan fingerprint density at radius 3 is 2.65 bits per heavy atom. The minimum absolute atomic E-state index is 0.601. The number of hydrogen-bond acceptors (Lipinski definition) is 3. The number of rotatable bonds is 9. The lowest BCUT2D eigenvalue weighted by molar-refractivity contribution is 0.523. The third kappa shape index (κ3) is 5.78. The maximum absolute atomic E-state index is 4.60. The maximum Gasteiger partial charge on any atom is 0.135 e. The van der Waals surface area contributed by atoms with Crippen LogP contribution < -0.4 is 5.32 Å². The van der Waals surface area contributed by atoms with Gasteiger partial charge < -0.3 is 5.32 Å². The van der Waals surface area contributed by atoms with E-state index in [0.717, 1.165) is 28.7 Å². The van der Waals surface area contributed by atoms with Gasteiger partial charge >= 0.3 is 0 Å². The summed E-state index contributed by atoms with van der Waals surface area (Å²) in [6, 6.07) is 1.98. The summed E-state index contributed by atoms with van der Waals surface area (Å²) in [5.41, 5.74) is 0.